The number of carbonyl (C=O) groups is 2. The van der Waals surface area contributed by atoms with Crippen LogP contribution in [-0.2, 0) is 4.79 Å². The molecule has 4 rings (SSSR count). The zero-order valence-corrected chi connectivity index (χ0v) is 19.1. The van der Waals surface area contributed by atoms with E-state index in [1.807, 2.05) is 23.6 Å². The highest BCUT2D eigenvalue weighted by molar-refractivity contribution is 7.14. The van der Waals surface area contributed by atoms with Crippen LogP contribution in [0.15, 0.2) is 60.0 Å². The first-order valence-corrected chi connectivity index (χ1v) is 11.3. The summed E-state index contributed by atoms with van der Waals surface area (Å²) in [5.41, 5.74) is 2.14. The highest BCUT2D eigenvalue weighted by Crippen LogP contribution is 2.34. The van der Waals surface area contributed by atoms with Crippen molar-refractivity contribution in [1.29, 1.82) is 0 Å². The molecule has 1 aliphatic carbocycles. The first-order chi connectivity index (χ1) is 15.1. The highest BCUT2D eigenvalue weighted by atomic mass is 35.5. The predicted molar refractivity (Wildman–Crippen MR) is 128 cm³/mol. The topological polar surface area (TPSA) is 79.7 Å². The molecule has 1 saturated carbocycles. The Hall–Kier alpha value is -2.90. The van der Waals surface area contributed by atoms with Crippen LogP contribution >= 0.6 is 23.7 Å². The van der Waals surface area contributed by atoms with Gasteiger partial charge in [0.1, 0.15) is 5.75 Å². The number of aromatic nitrogens is 1. The number of hydrogen-bond acceptors (Lipinski definition) is 6. The lowest BCUT2D eigenvalue weighted by Gasteiger charge is -2.28. The highest BCUT2D eigenvalue weighted by Gasteiger charge is 2.25. The van der Waals surface area contributed by atoms with Crippen LogP contribution in [0.4, 0.5) is 5.13 Å². The van der Waals surface area contributed by atoms with Crippen molar-refractivity contribution in [1.82, 2.24) is 4.98 Å². The molecule has 0 amide bonds. The fourth-order valence-corrected chi connectivity index (χ4v) is 4.79. The van der Waals surface area contributed by atoms with E-state index in [0.717, 1.165) is 29.2 Å². The van der Waals surface area contributed by atoms with E-state index in [4.69, 9.17) is 14.8 Å². The number of nitrogens with zero attached hydrogens (tertiary/aromatic N) is 2. The summed E-state index contributed by atoms with van der Waals surface area (Å²) in [5, 5.41) is 11.9. The lowest BCUT2D eigenvalue weighted by molar-refractivity contribution is -0.136. The second-order valence-electron chi connectivity index (χ2n) is 7.57. The number of ether oxygens (including phenoxy) is 1. The molecule has 168 valence electrons. The van der Waals surface area contributed by atoms with Gasteiger partial charge in [-0.1, -0.05) is 43.2 Å². The summed E-state index contributed by atoms with van der Waals surface area (Å²) >= 11 is 1.52. The van der Waals surface area contributed by atoms with Crippen molar-refractivity contribution >= 4 is 40.8 Å². The maximum atomic E-state index is 12.3. The molecule has 0 saturated heterocycles. The zero-order valence-electron chi connectivity index (χ0n) is 17.5. The molecule has 1 heterocycles. The minimum atomic E-state index is -0.798. The van der Waals surface area contributed by atoms with Gasteiger partial charge in [-0.2, -0.15) is 0 Å². The van der Waals surface area contributed by atoms with Crippen molar-refractivity contribution in [2.45, 2.75) is 38.1 Å². The summed E-state index contributed by atoms with van der Waals surface area (Å²) in [4.78, 5) is 30.4. The van der Waals surface area contributed by atoms with Crippen LogP contribution < -0.4 is 9.64 Å². The summed E-state index contributed by atoms with van der Waals surface area (Å²) in [6.07, 6.45) is 4.57. The van der Waals surface area contributed by atoms with Gasteiger partial charge in [-0.05, 0) is 37.1 Å². The summed E-state index contributed by atoms with van der Waals surface area (Å²) < 4.78 is 5.52. The molecule has 3 aromatic rings. The van der Waals surface area contributed by atoms with Crippen LogP contribution in [0.5, 0.6) is 5.75 Å². The van der Waals surface area contributed by atoms with Crippen molar-refractivity contribution in [3.8, 4) is 17.0 Å². The van der Waals surface area contributed by atoms with Crippen LogP contribution in [0, 0.1) is 0 Å². The lowest BCUT2D eigenvalue weighted by Crippen LogP contribution is -2.35. The van der Waals surface area contributed by atoms with Gasteiger partial charge in [-0.15, -0.1) is 23.7 Å². The van der Waals surface area contributed by atoms with Crippen LogP contribution in [0.1, 0.15) is 42.5 Å². The number of aliphatic carboxylic acids is 1. The number of rotatable bonds is 8. The molecule has 2 aromatic carbocycles. The Labute approximate surface area is 197 Å². The maximum Gasteiger partial charge on any atom is 0.343 e. The molecular weight excluding hydrogens is 448 g/mol. The van der Waals surface area contributed by atoms with Crippen molar-refractivity contribution in [3.05, 3.63) is 65.5 Å². The standard InChI is InChI=1S/C24H24N2O4S.ClH/c27-22(28)13-14-26(19-10-4-5-11-19)24-25-21(16-31-24)18-9-6-12-20(15-18)30-23(29)17-7-2-1-3-8-17;/h1-3,6-9,12,15-16,19H,4-5,10-11,13-14H2,(H,27,28);1H. The van der Waals surface area contributed by atoms with Crippen LogP contribution in [0.2, 0.25) is 0 Å². The predicted octanol–water partition coefficient (Wildman–Crippen LogP) is 5.67. The molecule has 8 heteroatoms. The molecular formula is C24H25ClN2O4S. The van der Waals surface area contributed by atoms with Crippen molar-refractivity contribution in [2.24, 2.45) is 0 Å². The van der Waals surface area contributed by atoms with E-state index in [0.29, 0.717) is 23.9 Å². The number of carbonyl (C=O) groups excluding carboxylic acids is 1. The van der Waals surface area contributed by atoms with Crippen LogP contribution in [0.3, 0.4) is 0 Å². The monoisotopic (exact) mass is 472 g/mol. The van der Waals surface area contributed by atoms with Gasteiger partial charge in [0.2, 0.25) is 0 Å². The quantitative estimate of drug-likeness (QED) is 0.336. The number of hydrogen-bond donors (Lipinski definition) is 1. The molecule has 0 bridgehead atoms. The number of carboxylic acid groups (broad SMARTS) is 1. The SMILES string of the molecule is Cl.O=C(O)CCN(c1nc(-c2cccc(OC(=O)c3ccccc3)c2)cs1)C1CCCC1. The van der Waals surface area contributed by atoms with Crippen molar-refractivity contribution in [3.63, 3.8) is 0 Å². The van der Waals surface area contributed by atoms with Gasteiger partial charge in [0.05, 0.1) is 17.7 Å². The smallest absolute Gasteiger partial charge is 0.343 e. The normalized spacial score (nSPS) is 13.4. The van der Waals surface area contributed by atoms with Gasteiger partial charge in [-0.25, -0.2) is 9.78 Å². The molecule has 1 aliphatic rings. The Morgan fingerprint density at radius 2 is 1.84 bits per heavy atom. The van der Waals surface area contributed by atoms with Gasteiger partial charge in [0.15, 0.2) is 5.13 Å². The first-order valence-electron chi connectivity index (χ1n) is 10.4. The summed E-state index contributed by atoms with van der Waals surface area (Å²) in [6.45, 7) is 0.460. The summed E-state index contributed by atoms with van der Waals surface area (Å²) in [7, 11) is 0. The second-order valence-corrected chi connectivity index (χ2v) is 8.41. The third-order valence-corrected chi connectivity index (χ3v) is 6.30. The average Bonchev–Trinajstić information content (AvgIpc) is 3.48. The van der Waals surface area contributed by atoms with Crippen LogP contribution in [-0.4, -0.2) is 34.6 Å². The van der Waals surface area contributed by atoms with E-state index in [-0.39, 0.29) is 18.8 Å². The maximum absolute atomic E-state index is 12.3. The van der Waals surface area contributed by atoms with E-state index in [2.05, 4.69) is 4.90 Å². The molecule has 1 fully saturated rings. The van der Waals surface area contributed by atoms with Gasteiger partial charge in [0, 0.05) is 23.5 Å². The Morgan fingerprint density at radius 3 is 2.56 bits per heavy atom. The second kappa shape index (κ2) is 11.1. The Morgan fingerprint density at radius 1 is 1.09 bits per heavy atom. The summed E-state index contributed by atoms with van der Waals surface area (Å²) in [6, 6.07) is 16.5. The molecule has 32 heavy (non-hydrogen) atoms. The van der Waals surface area contributed by atoms with E-state index in [1.165, 1.54) is 24.2 Å². The number of halogens is 1. The van der Waals surface area contributed by atoms with E-state index in [1.54, 1.807) is 36.4 Å². The average molecular weight is 473 g/mol. The first kappa shape index (κ1) is 23.8. The Bertz CT molecular complexity index is 1050. The van der Waals surface area contributed by atoms with E-state index < -0.39 is 11.9 Å². The Balaban J connectivity index is 0.00000289. The van der Waals surface area contributed by atoms with Gasteiger partial charge < -0.3 is 14.7 Å². The molecule has 0 aliphatic heterocycles. The zero-order chi connectivity index (χ0) is 21.6. The third-order valence-electron chi connectivity index (χ3n) is 5.42. The molecule has 0 radical (unpaired) electrons. The fourth-order valence-electron chi connectivity index (χ4n) is 3.85. The number of thiazole rings is 1. The summed E-state index contributed by atoms with van der Waals surface area (Å²) in [5.74, 6) is -0.745. The van der Waals surface area contributed by atoms with Crippen molar-refractivity contribution in [2.75, 3.05) is 11.4 Å². The lowest BCUT2D eigenvalue weighted by atomic mass is 10.1. The largest absolute Gasteiger partial charge is 0.481 e. The minimum Gasteiger partial charge on any atom is -0.481 e. The fraction of sp³-hybridized carbons (Fsp3) is 0.292. The van der Waals surface area contributed by atoms with Gasteiger partial charge >= 0.3 is 11.9 Å². The third kappa shape index (κ3) is 5.87. The van der Waals surface area contributed by atoms with Crippen LogP contribution in [0.25, 0.3) is 11.3 Å². The minimum absolute atomic E-state index is 0. The number of carboxylic acids is 1. The molecule has 0 unspecified atom stereocenters. The molecule has 0 spiro atoms. The van der Waals surface area contributed by atoms with Gasteiger partial charge in [-0.3, -0.25) is 4.79 Å². The molecule has 0 atom stereocenters. The van der Waals surface area contributed by atoms with Crippen molar-refractivity contribution < 1.29 is 19.4 Å². The molecule has 6 nitrogen and oxygen atoms in total. The molecule has 1 aromatic heterocycles. The molecule has 1 N–H and O–H groups in total. The Kier molecular flexibility index (Phi) is 8.25. The van der Waals surface area contributed by atoms with E-state index >= 15 is 0 Å². The number of anilines is 1. The van der Waals surface area contributed by atoms with E-state index in [9.17, 15) is 9.59 Å². The van der Waals surface area contributed by atoms with Gasteiger partial charge in [0.25, 0.3) is 0 Å². The number of benzene rings is 2. The number of esters is 1.